The number of nitriles is 1. The molecule has 0 bridgehead atoms. The zero-order valence-electron chi connectivity index (χ0n) is 22.8. The summed E-state index contributed by atoms with van der Waals surface area (Å²) in [5.41, 5.74) is 0.347. The second-order valence-corrected chi connectivity index (χ2v) is 12.4. The lowest BCUT2D eigenvalue weighted by molar-refractivity contribution is -0.176. The number of anilines is 1. The predicted molar refractivity (Wildman–Crippen MR) is 138 cm³/mol. The number of nitrogens with zero attached hydrogens (tertiary/aromatic N) is 2. The Kier molecular flexibility index (Phi) is 7.26. The molecule has 3 N–H and O–H groups in total. The molecule has 3 amide bonds. The van der Waals surface area contributed by atoms with Crippen LogP contribution in [0, 0.1) is 34.0 Å². The molecular weight excluding hydrogens is 527 g/mol. The van der Waals surface area contributed by atoms with Gasteiger partial charge in [-0.1, -0.05) is 52.8 Å². The number of amides is 3. The molecule has 2 aliphatic heterocycles. The molecule has 3 aliphatic rings. The van der Waals surface area contributed by atoms with Gasteiger partial charge in [-0.05, 0) is 40.7 Å². The molecule has 2 fully saturated rings. The van der Waals surface area contributed by atoms with Crippen molar-refractivity contribution in [3.63, 3.8) is 0 Å². The van der Waals surface area contributed by atoms with Gasteiger partial charge < -0.3 is 20.9 Å². The summed E-state index contributed by atoms with van der Waals surface area (Å²) in [7, 11) is 0. The fraction of sp³-hybridized carbons (Fsp3) is 0.571. The highest BCUT2D eigenvalue weighted by molar-refractivity contribution is 5.95. The molecule has 4 rings (SSSR count). The highest BCUT2D eigenvalue weighted by atomic mass is 19.4. The number of likely N-dealkylation sites (tertiary alicyclic amines) is 1. The first-order chi connectivity index (χ1) is 18.5. The van der Waals surface area contributed by atoms with Crippen LogP contribution in [0.15, 0.2) is 30.0 Å². The van der Waals surface area contributed by atoms with Gasteiger partial charge in [0.05, 0.1) is 6.07 Å². The third kappa shape index (κ3) is 5.18. The molecule has 0 radical (unpaired) electrons. The van der Waals surface area contributed by atoms with Crippen LogP contribution in [0.2, 0.25) is 0 Å². The molecule has 1 saturated carbocycles. The summed E-state index contributed by atoms with van der Waals surface area (Å²) >= 11 is 0. The van der Waals surface area contributed by atoms with Crippen molar-refractivity contribution in [2.24, 2.45) is 22.7 Å². The number of halogens is 3. The van der Waals surface area contributed by atoms with Crippen molar-refractivity contribution in [2.75, 3.05) is 11.9 Å². The van der Waals surface area contributed by atoms with Gasteiger partial charge in [0.25, 0.3) is 0 Å². The summed E-state index contributed by atoms with van der Waals surface area (Å²) in [5, 5.41) is 17.4. The zero-order valence-corrected chi connectivity index (χ0v) is 22.8. The van der Waals surface area contributed by atoms with Crippen LogP contribution in [-0.4, -0.2) is 59.4 Å². The average molecular weight is 560 g/mol. The lowest BCUT2D eigenvalue weighted by atomic mass is 9.85. The van der Waals surface area contributed by atoms with Crippen LogP contribution in [0.4, 0.5) is 18.9 Å². The molecule has 2 heterocycles. The minimum absolute atomic E-state index is 0.0674. The van der Waals surface area contributed by atoms with Crippen LogP contribution in [0.25, 0.3) is 0 Å². The number of hydrogen-bond donors (Lipinski definition) is 3. The highest BCUT2D eigenvalue weighted by Gasteiger charge is 2.70. The summed E-state index contributed by atoms with van der Waals surface area (Å²) in [6, 6.07) is 5.63. The minimum atomic E-state index is -5.18. The van der Waals surface area contributed by atoms with E-state index >= 15 is 0 Å². The van der Waals surface area contributed by atoms with Gasteiger partial charge in [0.1, 0.15) is 29.8 Å². The number of para-hydroxylation sites is 1. The van der Waals surface area contributed by atoms with E-state index in [1.54, 1.807) is 18.2 Å². The van der Waals surface area contributed by atoms with E-state index in [1.165, 1.54) is 25.7 Å². The molecule has 1 saturated heterocycles. The fourth-order valence-electron chi connectivity index (χ4n) is 6.12. The topological polar surface area (TPSA) is 131 Å². The highest BCUT2D eigenvalue weighted by Crippen LogP contribution is 2.65. The number of alkyl halides is 3. The number of piperidine rings is 1. The predicted octanol–water partition coefficient (Wildman–Crippen LogP) is 2.89. The van der Waals surface area contributed by atoms with Gasteiger partial charge in [0.2, 0.25) is 11.8 Å². The Labute approximate surface area is 230 Å². The molecule has 0 spiro atoms. The smallest absolute Gasteiger partial charge is 0.349 e. The lowest BCUT2D eigenvalue weighted by Gasteiger charge is -2.37. The standard InChI is InChI=1S/C28H32F3N5O4/c1-26(2,3)22(35-25(40)28(29,30)31)24(39)36-12-17-20(27(17,4)5)21(36)23(38)33-14(11-32)10-16-15-8-6-7-9-18(15)34-19(16)13-37/h6-9,14,16-17,20-22,34H,10,12H2,1-5H3,(H,33,38)(H,35,40)/t14-,16?,17-,20-,21-,22+/m0/s1. The first kappa shape index (κ1) is 29.2. The molecule has 6 atom stereocenters. The third-order valence-corrected chi connectivity index (χ3v) is 8.41. The SMILES string of the molecule is CC(C)(C)[C@H](NC(=O)C(F)(F)F)C(=O)N1C[C@H]2[C@@H]([C@H]1C(=O)N[C@H](C#N)CC1C(=C=O)Nc3ccccc31)C2(C)C. The summed E-state index contributed by atoms with van der Waals surface area (Å²) in [6.07, 6.45) is -5.11. The summed E-state index contributed by atoms with van der Waals surface area (Å²) < 4.78 is 39.1. The summed E-state index contributed by atoms with van der Waals surface area (Å²) in [4.78, 5) is 51.9. The average Bonchev–Trinajstić information content (AvgIpc) is 3.21. The van der Waals surface area contributed by atoms with E-state index in [9.17, 15) is 37.6 Å². The minimum Gasteiger partial charge on any atom is -0.349 e. The van der Waals surface area contributed by atoms with E-state index < -0.39 is 53.4 Å². The van der Waals surface area contributed by atoms with Crippen molar-refractivity contribution in [2.45, 2.75) is 71.3 Å². The van der Waals surface area contributed by atoms with E-state index in [4.69, 9.17) is 0 Å². The second kappa shape index (κ2) is 9.97. The Morgan fingerprint density at radius 2 is 1.82 bits per heavy atom. The van der Waals surface area contributed by atoms with Crippen molar-refractivity contribution < 1.29 is 32.3 Å². The number of allylic oxidation sites excluding steroid dienone is 1. The normalized spacial score (nSPS) is 25.9. The van der Waals surface area contributed by atoms with E-state index in [1.807, 2.05) is 31.2 Å². The first-order valence-electron chi connectivity index (χ1n) is 13.0. The number of rotatable bonds is 6. The summed E-state index contributed by atoms with van der Waals surface area (Å²) in [5.74, 6) is -2.61. The number of carbonyl (C=O) groups is 3. The van der Waals surface area contributed by atoms with Crippen LogP contribution in [0.5, 0.6) is 0 Å². The molecule has 12 heteroatoms. The van der Waals surface area contributed by atoms with Gasteiger partial charge >= 0.3 is 12.1 Å². The molecule has 1 unspecified atom stereocenters. The van der Waals surface area contributed by atoms with Gasteiger partial charge in [-0.25, -0.2) is 4.79 Å². The van der Waals surface area contributed by atoms with Gasteiger partial charge in [-0.2, -0.15) is 18.4 Å². The maximum atomic E-state index is 13.7. The van der Waals surface area contributed by atoms with Crippen molar-refractivity contribution in [3.05, 3.63) is 35.5 Å². The van der Waals surface area contributed by atoms with Crippen molar-refractivity contribution >= 4 is 29.4 Å². The van der Waals surface area contributed by atoms with Crippen LogP contribution < -0.4 is 16.0 Å². The van der Waals surface area contributed by atoms with E-state index in [0.717, 1.165) is 5.56 Å². The maximum Gasteiger partial charge on any atom is 0.471 e. The molecule has 1 aromatic carbocycles. The van der Waals surface area contributed by atoms with Gasteiger partial charge in [-0.15, -0.1) is 0 Å². The third-order valence-electron chi connectivity index (χ3n) is 8.41. The molecular formula is C28H32F3N5O4. The van der Waals surface area contributed by atoms with Gasteiger partial charge in [0, 0.05) is 18.2 Å². The number of nitrogens with one attached hydrogen (secondary N) is 3. The van der Waals surface area contributed by atoms with E-state index in [0.29, 0.717) is 5.69 Å². The maximum absolute atomic E-state index is 13.7. The molecule has 40 heavy (non-hydrogen) atoms. The lowest BCUT2D eigenvalue weighted by Crippen LogP contribution is -2.61. The Morgan fingerprint density at radius 3 is 2.40 bits per heavy atom. The van der Waals surface area contributed by atoms with Gasteiger partial charge in [-0.3, -0.25) is 14.4 Å². The Hall–Kier alpha value is -3.84. The monoisotopic (exact) mass is 559 g/mol. The van der Waals surface area contributed by atoms with Crippen LogP contribution in [0.3, 0.4) is 0 Å². The number of fused-ring (bicyclic) bond motifs is 2. The van der Waals surface area contributed by atoms with Gasteiger partial charge in [0.15, 0.2) is 0 Å². The van der Waals surface area contributed by atoms with Crippen LogP contribution in [-0.2, 0) is 19.2 Å². The quantitative estimate of drug-likeness (QED) is 0.460. The van der Waals surface area contributed by atoms with Crippen LogP contribution >= 0.6 is 0 Å². The largest absolute Gasteiger partial charge is 0.471 e. The molecule has 1 aromatic rings. The molecule has 9 nitrogen and oxygen atoms in total. The Bertz CT molecular complexity index is 1320. The Morgan fingerprint density at radius 1 is 1.18 bits per heavy atom. The summed E-state index contributed by atoms with van der Waals surface area (Å²) in [6.45, 7) is 8.61. The first-order valence-corrected chi connectivity index (χ1v) is 13.0. The molecule has 0 aromatic heterocycles. The van der Waals surface area contributed by atoms with E-state index in [2.05, 4.69) is 16.7 Å². The number of benzene rings is 1. The van der Waals surface area contributed by atoms with Crippen molar-refractivity contribution in [1.29, 1.82) is 5.26 Å². The molecule has 214 valence electrons. The zero-order chi connectivity index (χ0) is 29.8. The van der Waals surface area contributed by atoms with Crippen LogP contribution in [0.1, 0.15) is 52.5 Å². The second-order valence-electron chi connectivity index (χ2n) is 12.4. The van der Waals surface area contributed by atoms with Crippen molar-refractivity contribution in [1.82, 2.24) is 15.5 Å². The molecule has 1 aliphatic carbocycles. The van der Waals surface area contributed by atoms with E-state index in [-0.39, 0.29) is 35.9 Å². The Balaban J connectivity index is 1.56. The number of carbonyl (C=O) groups excluding carboxylic acids is 4. The fourth-order valence-corrected chi connectivity index (χ4v) is 6.12. The number of hydrogen-bond acceptors (Lipinski definition) is 6. The van der Waals surface area contributed by atoms with Crippen molar-refractivity contribution in [3.8, 4) is 6.07 Å².